The summed E-state index contributed by atoms with van der Waals surface area (Å²) in [6.45, 7) is 0. The van der Waals surface area contributed by atoms with E-state index >= 15 is 0 Å². The smallest absolute Gasteiger partial charge is 0.312 e. The lowest BCUT2D eigenvalue weighted by Gasteiger charge is -2.02. The second-order valence-electron chi connectivity index (χ2n) is 2.87. The first-order valence-corrected chi connectivity index (χ1v) is 3.79. The zero-order chi connectivity index (χ0) is 10.3. The molecule has 1 N–H and O–H groups in total. The Morgan fingerprint density at radius 1 is 1.36 bits per heavy atom. The molecule has 0 saturated carbocycles. The SMILES string of the molecule is [CH2-][NH+]1C=c2cnc(C(F)(F)F)cc2=N1. The number of hydrogen-bond donors (Lipinski definition) is 1. The van der Waals surface area contributed by atoms with Gasteiger partial charge in [-0.25, -0.2) is 0 Å². The molecule has 0 amide bonds. The topological polar surface area (TPSA) is 29.7 Å². The Balaban J connectivity index is 2.60. The number of nitrogens with zero attached hydrogens (tertiary/aromatic N) is 2. The molecular formula is C8H6F3N3. The van der Waals surface area contributed by atoms with Crippen LogP contribution in [0.1, 0.15) is 5.69 Å². The van der Waals surface area contributed by atoms with Gasteiger partial charge in [0.25, 0.3) is 0 Å². The van der Waals surface area contributed by atoms with Crippen molar-refractivity contribution in [3.63, 3.8) is 0 Å². The molecule has 0 spiro atoms. The van der Waals surface area contributed by atoms with Crippen molar-refractivity contribution in [2.75, 3.05) is 0 Å². The fraction of sp³-hybridized carbons (Fsp3) is 0.125. The van der Waals surface area contributed by atoms with E-state index in [-0.39, 0.29) is 5.36 Å². The van der Waals surface area contributed by atoms with Crippen molar-refractivity contribution in [2.24, 2.45) is 5.10 Å². The molecule has 6 heteroatoms. The van der Waals surface area contributed by atoms with Crippen LogP contribution >= 0.6 is 0 Å². The number of pyridine rings is 1. The summed E-state index contributed by atoms with van der Waals surface area (Å²) in [4.78, 5) is 3.30. The van der Waals surface area contributed by atoms with Crippen LogP contribution in [0.25, 0.3) is 6.20 Å². The summed E-state index contributed by atoms with van der Waals surface area (Å²) >= 11 is 0. The molecule has 0 saturated heterocycles. The van der Waals surface area contributed by atoms with Gasteiger partial charge < -0.3 is 5.01 Å². The Morgan fingerprint density at radius 3 is 2.71 bits per heavy atom. The number of alkyl halides is 3. The highest BCUT2D eigenvalue weighted by Gasteiger charge is 2.32. The lowest BCUT2D eigenvalue weighted by Crippen LogP contribution is -2.95. The number of nitrogens with one attached hydrogen (secondary N) is 1. The molecule has 1 unspecified atom stereocenters. The number of aromatic nitrogens is 1. The van der Waals surface area contributed by atoms with Crippen molar-refractivity contribution in [1.82, 2.24) is 4.98 Å². The van der Waals surface area contributed by atoms with Gasteiger partial charge in [0.2, 0.25) is 0 Å². The molecule has 2 rings (SSSR count). The normalized spacial score (nSPS) is 19.9. The summed E-state index contributed by atoms with van der Waals surface area (Å²) in [6.07, 6.45) is -1.68. The van der Waals surface area contributed by atoms with E-state index in [2.05, 4.69) is 17.1 Å². The molecule has 0 aliphatic carbocycles. The van der Waals surface area contributed by atoms with Crippen LogP contribution in [0.5, 0.6) is 0 Å². The van der Waals surface area contributed by atoms with E-state index in [0.29, 0.717) is 10.2 Å². The highest BCUT2D eigenvalue weighted by atomic mass is 19.4. The number of hydrogen-bond acceptors (Lipinski definition) is 2. The fourth-order valence-electron chi connectivity index (χ4n) is 1.18. The third kappa shape index (κ3) is 1.48. The van der Waals surface area contributed by atoms with Gasteiger partial charge in [0, 0.05) is 12.3 Å². The predicted molar refractivity (Wildman–Crippen MR) is 40.8 cm³/mol. The molecule has 0 aromatic carbocycles. The van der Waals surface area contributed by atoms with Crippen molar-refractivity contribution in [1.29, 1.82) is 0 Å². The number of quaternary nitrogens is 1. The first-order valence-electron chi connectivity index (χ1n) is 3.79. The zero-order valence-corrected chi connectivity index (χ0v) is 6.97. The van der Waals surface area contributed by atoms with Gasteiger partial charge in [0.05, 0.1) is 5.22 Å². The standard InChI is InChI=1S/C8H6F3N3/c1-14-4-5-3-12-7(8(9,10)11)2-6(5)13-14/h2-4,14H,1H2. The van der Waals surface area contributed by atoms with Crippen molar-refractivity contribution >= 4 is 6.20 Å². The summed E-state index contributed by atoms with van der Waals surface area (Å²) in [6, 6.07) is 0.921. The second kappa shape index (κ2) is 2.78. The Kier molecular flexibility index (Phi) is 1.81. The summed E-state index contributed by atoms with van der Waals surface area (Å²) in [7, 11) is 3.53. The molecule has 0 radical (unpaired) electrons. The van der Waals surface area contributed by atoms with E-state index < -0.39 is 11.9 Å². The minimum Gasteiger partial charge on any atom is -0.312 e. The summed E-state index contributed by atoms with van der Waals surface area (Å²) in [5, 5.41) is 5.13. The highest BCUT2D eigenvalue weighted by molar-refractivity contribution is 5.17. The number of halogens is 3. The molecule has 0 fully saturated rings. The summed E-state index contributed by atoms with van der Waals surface area (Å²) < 4.78 is 36.7. The quantitative estimate of drug-likeness (QED) is 0.539. The zero-order valence-electron chi connectivity index (χ0n) is 6.97. The van der Waals surface area contributed by atoms with Gasteiger partial charge in [-0.1, -0.05) is 0 Å². The predicted octanol–water partition coefficient (Wildman–Crippen LogP) is -0.937. The van der Waals surface area contributed by atoms with Crippen LogP contribution in [-0.2, 0) is 6.18 Å². The van der Waals surface area contributed by atoms with E-state index in [9.17, 15) is 13.2 Å². The molecule has 14 heavy (non-hydrogen) atoms. The maximum atomic E-state index is 12.2. The van der Waals surface area contributed by atoms with Crippen molar-refractivity contribution in [3.05, 3.63) is 35.6 Å². The van der Waals surface area contributed by atoms with Crippen molar-refractivity contribution in [3.8, 4) is 0 Å². The molecule has 3 nitrogen and oxygen atoms in total. The number of rotatable bonds is 0. The molecule has 2 heterocycles. The van der Waals surface area contributed by atoms with Gasteiger partial charge >= 0.3 is 6.18 Å². The first kappa shape index (κ1) is 9.14. The average Bonchev–Trinajstić information content (AvgIpc) is 2.41. The Hall–Kier alpha value is -1.43. The van der Waals surface area contributed by atoms with E-state index in [4.69, 9.17) is 0 Å². The average molecular weight is 201 g/mol. The Morgan fingerprint density at radius 2 is 2.07 bits per heavy atom. The Labute approximate surface area is 77.2 Å². The van der Waals surface area contributed by atoms with Gasteiger partial charge in [0.1, 0.15) is 17.3 Å². The van der Waals surface area contributed by atoms with Gasteiger partial charge in [-0.3, -0.25) is 4.98 Å². The van der Waals surface area contributed by atoms with Gasteiger partial charge in [-0.2, -0.15) is 13.2 Å². The van der Waals surface area contributed by atoms with Gasteiger partial charge in [0.15, 0.2) is 0 Å². The Bertz CT molecular complexity index is 478. The molecule has 1 aliphatic rings. The molecule has 1 aliphatic heterocycles. The molecule has 1 aromatic rings. The third-order valence-electron chi connectivity index (χ3n) is 1.79. The van der Waals surface area contributed by atoms with Gasteiger partial charge in [-0.05, 0) is 0 Å². The van der Waals surface area contributed by atoms with Crippen LogP contribution in [0, 0.1) is 7.05 Å². The maximum absolute atomic E-state index is 12.2. The van der Waals surface area contributed by atoms with Crippen LogP contribution < -0.4 is 15.6 Å². The van der Waals surface area contributed by atoms with Crippen LogP contribution in [0.3, 0.4) is 0 Å². The second-order valence-corrected chi connectivity index (χ2v) is 2.87. The summed E-state index contributed by atoms with van der Waals surface area (Å²) in [5.41, 5.74) is -0.928. The van der Waals surface area contributed by atoms with E-state index in [0.717, 1.165) is 12.3 Å². The van der Waals surface area contributed by atoms with E-state index in [1.165, 1.54) is 0 Å². The lowest BCUT2D eigenvalue weighted by atomic mass is 10.3. The van der Waals surface area contributed by atoms with Crippen LogP contribution in [0.4, 0.5) is 13.2 Å². The fourth-order valence-corrected chi connectivity index (χ4v) is 1.18. The first-order chi connectivity index (χ1) is 6.47. The molecule has 74 valence electrons. The number of fused-ring (bicyclic) bond motifs is 1. The minimum absolute atomic E-state index is 0.275. The van der Waals surface area contributed by atoms with Gasteiger partial charge in [-0.15, -0.1) is 12.1 Å². The van der Waals surface area contributed by atoms with Crippen LogP contribution in [0.2, 0.25) is 0 Å². The van der Waals surface area contributed by atoms with E-state index in [1.807, 2.05) is 0 Å². The highest BCUT2D eigenvalue weighted by Crippen LogP contribution is 2.25. The third-order valence-corrected chi connectivity index (χ3v) is 1.79. The van der Waals surface area contributed by atoms with E-state index in [1.54, 1.807) is 6.20 Å². The van der Waals surface area contributed by atoms with Crippen LogP contribution in [-0.4, -0.2) is 4.98 Å². The molecular weight excluding hydrogens is 195 g/mol. The lowest BCUT2D eigenvalue weighted by molar-refractivity contribution is -0.774. The van der Waals surface area contributed by atoms with Crippen LogP contribution in [0.15, 0.2) is 17.4 Å². The van der Waals surface area contributed by atoms with Crippen molar-refractivity contribution < 1.29 is 18.2 Å². The largest absolute Gasteiger partial charge is 0.433 e. The maximum Gasteiger partial charge on any atom is 0.433 e. The molecule has 0 bridgehead atoms. The summed E-state index contributed by atoms with van der Waals surface area (Å²) in [5.74, 6) is 0. The minimum atomic E-state index is -4.42. The molecule has 1 aromatic heterocycles. The van der Waals surface area contributed by atoms with Crippen molar-refractivity contribution in [2.45, 2.75) is 6.18 Å². The monoisotopic (exact) mass is 201 g/mol. The molecule has 1 atom stereocenters.